The van der Waals surface area contributed by atoms with E-state index in [1.165, 1.54) is 17.8 Å². The zero-order valence-corrected chi connectivity index (χ0v) is 10.4. The number of rotatable bonds is 7. The van der Waals surface area contributed by atoms with E-state index in [9.17, 15) is 13.6 Å². The normalized spacial score (nSPS) is 10.5. The molecule has 2 nitrogen and oxygen atoms in total. The smallest absolute Gasteiger partial charge is 0.178 e. The average Bonchev–Trinajstić information content (AvgIpc) is 2.28. The molecule has 0 fully saturated rings. The van der Waals surface area contributed by atoms with Crippen LogP contribution >= 0.6 is 11.8 Å². The summed E-state index contributed by atoms with van der Waals surface area (Å²) in [6, 6.07) is 3.42. The fourth-order valence-corrected chi connectivity index (χ4v) is 2.10. The summed E-state index contributed by atoms with van der Waals surface area (Å²) in [5, 5.41) is 0. The van der Waals surface area contributed by atoms with Gasteiger partial charge >= 0.3 is 0 Å². The summed E-state index contributed by atoms with van der Waals surface area (Å²) in [4.78, 5) is 11.6. The first-order chi connectivity index (χ1) is 8.16. The van der Waals surface area contributed by atoms with Crippen molar-refractivity contribution in [2.45, 2.75) is 6.42 Å². The van der Waals surface area contributed by atoms with Gasteiger partial charge in [-0.15, -0.1) is 0 Å². The third kappa shape index (κ3) is 4.44. The van der Waals surface area contributed by atoms with Gasteiger partial charge in [0.25, 0.3) is 0 Å². The molecular weight excluding hydrogens is 246 g/mol. The minimum atomic E-state index is -0.799. The number of benzene rings is 1. The van der Waals surface area contributed by atoms with Crippen LogP contribution in [0.3, 0.4) is 0 Å². The van der Waals surface area contributed by atoms with Gasteiger partial charge in [0, 0.05) is 13.7 Å². The molecule has 0 saturated heterocycles. The van der Waals surface area contributed by atoms with E-state index in [0.29, 0.717) is 6.61 Å². The van der Waals surface area contributed by atoms with E-state index in [1.807, 2.05) is 0 Å². The second-order valence-corrected chi connectivity index (χ2v) is 4.52. The lowest BCUT2D eigenvalue weighted by molar-refractivity contribution is 0.101. The summed E-state index contributed by atoms with van der Waals surface area (Å²) in [6.45, 7) is 0.620. The van der Waals surface area contributed by atoms with E-state index in [2.05, 4.69) is 0 Å². The Morgan fingerprint density at radius 2 is 2.00 bits per heavy atom. The van der Waals surface area contributed by atoms with Crippen molar-refractivity contribution in [1.29, 1.82) is 0 Å². The van der Waals surface area contributed by atoms with Gasteiger partial charge in [-0.2, -0.15) is 11.8 Å². The number of carbonyl (C=O) groups excluding carboxylic acids is 1. The van der Waals surface area contributed by atoms with E-state index in [1.54, 1.807) is 7.11 Å². The molecule has 5 heteroatoms. The lowest BCUT2D eigenvalue weighted by Crippen LogP contribution is -2.09. The fourth-order valence-electron chi connectivity index (χ4n) is 1.31. The Morgan fingerprint density at radius 3 is 2.59 bits per heavy atom. The minimum absolute atomic E-state index is 0.0849. The lowest BCUT2D eigenvalue weighted by atomic mass is 10.1. The van der Waals surface area contributed by atoms with Gasteiger partial charge in [0.15, 0.2) is 5.78 Å². The van der Waals surface area contributed by atoms with Crippen molar-refractivity contribution in [3.63, 3.8) is 0 Å². The molecule has 0 saturated carbocycles. The molecule has 0 aliphatic carbocycles. The first kappa shape index (κ1) is 14.1. The van der Waals surface area contributed by atoms with Crippen LogP contribution in [0.5, 0.6) is 0 Å². The highest BCUT2D eigenvalue weighted by molar-refractivity contribution is 7.99. The lowest BCUT2D eigenvalue weighted by Gasteiger charge is -2.04. The molecule has 1 aromatic carbocycles. The SMILES string of the molecule is COCCCSCC(=O)c1c(F)cccc1F. The van der Waals surface area contributed by atoms with Crippen molar-refractivity contribution < 1.29 is 18.3 Å². The van der Waals surface area contributed by atoms with E-state index in [0.717, 1.165) is 24.3 Å². The Balaban J connectivity index is 2.47. The van der Waals surface area contributed by atoms with Gasteiger partial charge in [-0.25, -0.2) is 8.78 Å². The van der Waals surface area contributed by atoms with Gasteiger partial charge in [0.05, 0.1) is 11.3 Å². The molecule has 0 heterocycles. The van der Waals surface area contributed by atoms with Crippen molar-refractivity contribution >= 4 is 17.5 Å². The Kier molecular flexibility index (Phi) is 6.15. The number of carbonyl (C=O) groups is 1. The van der Waals surface area contributed by atoms with E-state index >= 15 is 0 Å². The van der Waals surface area contributed by atoms with Crippen molar-refractivity contribution in [3.05, 3.63) is 35.4 Å². The van der Waals surface area contributed by atoms with Crippen molar-refractivity contribution in [1.82, 2.24) is 0 Å². The van der Waals surface area contributed by atoms with Gasteiger partial charge in [0.1, 0.15) is 11.6 Å². The number of ether oxygens (including phenoxy) is 1. The molecule has 0 aliphatic heterocycles. The third-order valence-electron chi connectivity index (χ3n) is 2.11. The van der Waals surface area contributed by atoms with Crippen LogP contribution in [0.4, 0.5) is 8.78 Å². The van der Waals surface area contributed by atoms with Gasteiger partial charge in [-0.1, -0.05) is 6.07 Å². The molecule has 0 N–H and O–H groups in total. The molecule has 0 unspecified atom stereocenters. The molecule has 1 rings (SSSR count). The predicted octanol–water partition coefficient (Wildman–Crippen LogP) is 2.92. The van der Waals surface area contributed by atoms with Crippen LogP contribution < -0.4 is 0 Å². The average molecular weight is 260 g/mol. The van der Waals surface area contributed by atoms with Crippen LogP contribution in [0.1, 0.15) is 16.8 Å². The summed E-state index contributed by atoms with van der Waals surface area (Å²) in [6.07, 6.45) is 0.814. The molecule has 1 aromatic rings. The van der Waals surface area contributed by atoms with Crippen molar-refractivity contribution in [2.24, 2.45) is 0 Å². The fraction of sp³-hybridized carbons (Fsp3) is 0.417. The van der Waals surface area contributed by atoms with Crippen LogP contribution in [-0.4, -0.2) is 31.0 Å². The van der Waals surface area contributed by atoms with Crippen LogP contribution in [0, 0.1) is 11.6 Å². The van der Waals surface area contributed by atoms with Gasteiger partial charge < -0.3 is 4.74 Å². The number of Topliss-reactive ketones (excluding diaryl/α,β-unsaturated/α-hetero) is 1. The number of thioether (sulfide) groups is 1. The molecule has 0 amide bonds. The molecular formula is C12H14F2O2S. The highest BCUT2D eigenvalue weighted by atomic mass is 32.2. The zero-order valence-electron chi connectivity index (χ0n) is 9.54. The van der Waals surface area contributed by atoms with Crippen LogP contribution in [0.15, 0.2) is 18.2 Å². The monoisotopic (exact) mass is 260 g/mol. The quantitative estimate of drug-likeness (QED) is 0.557. The molecule has 0 spiro atoms. The molecule has 0 aromatic heterocycles. The first-order valence-electron chi connectivity index (χ1n) is 5.20. The molecule has 94 valence electrons. The van der Waals surface area contributed by atoms with Crippen LogP contribution in [0.25, 0.3) is 0 Å². The minimum Gasteiger partial charge on any atom is -0.385 e. The Labute approximate surface area is 103 Å². The summed E-state index contributed by atoms with van der Waals surface area (Å²) in [5.74, 6) is -1.29. The maximum Gasteiger partial charge on any atom is 0.178 e. The number of halogens is 2. The van der Waals surface area contributed by atoms with Crippen LogP contribution in [0.2, 0.25) is 0 Å². The Morgan fingerprint density at radius 1 is 1.35 bits per heavy atom. The molecule has 17 heavy (non-hydrogen) atoms. The van der Waals surface area contributed by atoms with Gasteiger partial charge in [-0.05, 0) is 24.3 Å². The summed E-state index contributed by atoms with van der Waals surface area (Å²) < 4.78 is 31.3. The highest BCUT2D eigenvalue weighted by Crippen LogP contribution is 2.15. The molecule has 0 aliphatic rings. The third-order valence-corrected chi connectivity index (χ3v) is 3.16. The van der Waals surface area contributed by atoms with E-state index < -0.39 is 23.0 Å². The second kappa shape index (κ2) is 7.40. The second-order valence-electron chi connectivity index (χ2n) is 3.42. The number of ketones is 1. The maximum absolute atomic E-state index is 13.2. The molecule has 0 bridgehead atoms. The Hall–Kier alpha value is -0.940. The Bertz CT molecular complexity index is 363. The summed E-state index contributed by atoms with van der Waals surface area (Å²) >= 11 is 1.35. The van der Waals surface area contributed by atoms with Gasteiger partial charge in [-0.3, -0.25) is 4.79 Å². The highest BCUT2D eigenvalue weighted by Gasteiger charge is 2.16. The standard InChI is InChI=1S/C12H14F2O2S/c1-16-6-3-7-17-8-11(15)12-9(13)4-2-5-10(12)14/h2,4-5H,3,6-8H2,1H3. The van der Waals surface area contributed by atoms with Crippen LogP contribution in [-0.2, 0) is 4.74 Å². The zero-order chi connectivity index (χ0) is 12.7. The summed E-state index contributed by atoms with van der Waals surface area (Å²) in [5.41, 5.74) is -0.438. The molecule has 0 radical (unpaired) electrons. The first-order valence-corrected chi connectivity index (χ1v) is 6.36. The number of hydrogen-bond donors (Lipinski definition) is 0. The summed E-state index contributed by atoms with van der Waals surface area (Å²) in [7, 11) is 1.60. The van der Waals surface area contributed by atoms with Gasteiger partial charge in [0.2, 0.25) is 0 Å². The largest absolute Gasteiger partial charge is 0.385 e. The predicted molar refractivity (Wildman–Crippen MR) is 64.5 cm³/mol. The van der Waals surface area contributed by atoms with Crippen molar-refractivity contribution in [2.75, 3.05) is 25.2 Å². The number of methoxy groups -OCH3 is 1. The topological polar surface area (TPSA) is 26.3 Å². The van der Waals surface area contributed by atoms with E-state index in [4.69, 9.17) is 4.74 Å². The number of hydrogen-bond acceptors (Lipinski definition) is 3. The van der Waals surface area contributed by atoms with E-state index in [-0.39, 0.29) is 5.75 Å². The van der Waals surface area contributed by atoms with Crippen molar-refractivity contribution in [3.8, 4) is 0 Å². The maximum atomic E-state index is 13.2. The molecule has 0 atom stereocenters.